The molecule has 21 heavy (non-hydrogen) atoms. The monoisotopic (exact) mass is 283 g/mol. The van der Waals surface area contributed by atoms with Gasteiger partial charge in [0.2, 0.25) is 0 Å². The number of nitrogens with zero attached hydrogens (tertiary/aromatic N) is 2. The molecule has 1 aromatic carbocycles. The van der Waals surface area contributed by atoms with Crippen molar-refractivity contribution in [2.75, 3.05) is 13.2 Å². The summed E-state index contributed by atoms with van der Waals surface area (Å²) in [6.45, 7) is 3.84. The molecule has 1 aliphatic rings. The molecule has 0 aliphatic carbocycles. The second-order valence-electron chi connectivity index (χ2n) is 5.33. The van der Waals surface area contributed by atoms with E-state index in [0.29, 0.717) is 0 Å². The van der Waals surface area contributed by atoms with Gasteiger partial charge in [0.15, 0.2) is 0 Å². The largest absolute Gasteiger partial charge is 0.373 e. The summed E-state index contributed by atoms with van der Waals surface area (Å²) in [4.78, 5) is 0. The fourth-order valence-corrected chi connectivity index (χ4v) is 2.98. The van der Waals surface area contributed by atoms with Crippen molar-refractivity contribution in [1.82, 2.24) is 15.5 Å². The van der Waals surface area contributed by atoms with Crippen LogP contribution < -0.4 is 5.32 Å². The highest BCUT2D eigenvalue weighted by Crippen LogP contribution is 2.34. The smallest absolute Gasteiger partial charge is 0.0845 e. The Hall–Kier alpha value is -1.78. The lowest BCUT2D eigenvalue weighted by molar-refractivity contribution is 0.0294. The van der Waals surface area contributed by atoms with Gasteiger partial charge < -0.3 is 10.1 Å². The highest BCUT2D eigenvalue weighted by molar-refractivity contribution is 5.31. The summed E-state index contributed by atoms with van der Waals surface area (Å²) in [5.41, 5.74) is 3.91. The minimum atomic E-state index is 0.146. The Labute approximate surface area is 125 Å². The van der Waals surface area contributed by atoms with Crippen LogP contribution in [0.5, 0.6) is 0 Å². The van der Waals surface area contributed by atoms with Gasteiger partial charge in [-0.15, -0.1) is 0 Å². The normalized spacial score (nSPS) is 19.0. The summed E-state index contributed by atoms with van der Waals surface area (Å²) < 4.78 is 6.03. The highest BCUT2D eigenvalue weighted by atomic mass is 16.5. The van der Waals surface area contributed by atoms with Crippen molar-refractivity contribution >= 4 is 0 Å². The molecule has 2 atom stereocenters. The quantitative estimate of drug-likeness (QED) is 0.916. The van der Waals surface area contributed by atoms with Gasteiger partial charge in [0.25, 0.3) is 0 Å². The van der Waals surface area contributed by atoms with E-state index in [1.807, 2.05) is 12.3 Å². The third-order valence-electron chi connectivity index (χ3n) is 4.00. The van der Waals surface area contributed by atoms with E-state index in [9.17, 15) is 0 Å². The standard InChI is InChI=1S/C17H21N3O/c1-2-18-16(14-7-9-19-20-12-14)11-17-15-6-4-3-5-13(15)8-10-21-17/h3-7,9,12,16-18H,2,8,10-11H2,1H3. The molecule has 2 heterocycles. The first-order chi connectivity index (χ1) is 10.4. The van der Waals surface area contributed by atoms with Crippen molar-refractivity contribution < 1.29 is 4.74 Å². The van der Waals surface area contributed by atoms with Gasteiger partial charge in [-0.2, -0.15) is 10.2 Å². The van der Waals surface area contributed by atoms with Crippen LogP contribution in [0.3, 0.4) is 0 Å². The molecule has 4 heteroatoms. The van der Waals surface area contributed by atoms with Crippen molar-refractivity contribution in [1.29, 1.82) is 0 Å². The molecular weight excluding hydrogens is 262 g/mol. The van der Waals surface area contributed by atoms with E-state index in [2.05, 4.69) is 46.7 Å². The molecule has 0 fully saturated rings. The summed E-state index contributed by atoms with van der Waals surface area (Å²) >= 11 is 0. The van der Waals surface area contributed by atoms with Crippen molar-refractivity contribution in [2.24, 2.45) is 0 Å². The number of nitrogens with one attached hydrogen (secondary N) is 1. The van der Waals surface area contributed by atoms with E-state index in [4.69, 9.17) is 4.74 Å². The number of hydrogen-bond donors (Lipinski definition) is 1. The summed E-state index contributed by atoms with van der Waals surface area (Å²) in [6.07, 6.45) is 5.65. The second kappa shape index (κ2) is 6.78. The van der Waals surface area contributed by atoms with E-state index >= 15 is 0 Å². The van der Waals surface area contributed by atoms with Gasteiger partial charge >= 0.3 is 0 Å². The van der Waals surface area contributed by atoms with Crippen LogP contribution in [-0.4, -0.2) is 23.3 Å². The van der Waals surface area contributed by atoms with Gasteiger partial charge in [0, 0.05) is 12.2 Å². The number of fused-ring (bicyclic) bond motifs is 1. The van der Waals surface area contributed by atoms with Crippen LogP contribution in [-0.2, 0) is 11.2 Å². The fraction of sp³-hybridized carbons (Fsp3) is 0.412. The van der Waals surface area contributed by atoms with Crippen LogP contribution >= 0.6 is 0 Å². The summed E-state index contributed by atoms with van der Waals surface area (Å²) in [7, 11) is 0. The lowest BCUT2D eigenvalue weighted by Gasteiger charge is -2.29. The maximum atomic E-state index is 6.03. The SMILES string of the molecule is CCNC(CC1OCCc2ccccc21)c1ccnnc1. The Morgan fingerprint density at radius 3 is 3.00 bits per heavy atom. The summed E-state index contributed by atoms with van der Waals surface area (Å²) in [5.74, 6) is 0. The highest BCUT2D eigenvalue weighted by Gasteiger charge is 2.24. The Morgan fingerprint density at radius 2 is 2.19 bits per heavy atom. The molecule has 2 aromatic rings. The number of aromatic nitrogens is 2. The minimum Gasteiger partial charge on any atom is -0.373 e. The molecule has 3 rings (SSSR count). The van der Waals surface area contributed by atoms with Crippen molar-refractivity contribution in [3.63, 3.8) is 0 Å². The Kier molecular flexibility index (Phi) is 4.58. The topological polar surface area (TPSA) is 47.0 Å². The van der Waals surface area contributed by atoms with Crippen LogP contribution in [0, 0.1) is 0 Å². The summed E-state index contributed by atoms with van der Waals surface area (Å²) in [6, 6.07) is 10.9. The van der Waals surface area contributed by atoms with Gasteiger partial charge in [-0.3, -0.25) is 0 Å². The predicted octanol–water partition coefficient (Wildman–Crippen LogP) is 2.83. The van der Waals surface area contributed by atoms with E-state index in [0.717, 1.165) is 26.0 Å². The summed E-state index contributed by atoms with van der Waals surface area (Å²) in [5, 5.41) is 11.4. The zero-order chi connectivity index (χ0) is 14.5. The molecule has 1 aromatic heterocycles. The Morgan fingerprint density at radius 1 is 1.29 bits per heavy atom. The lowest BCUT2D eigenvalue weighted by Crippen LogP contribution is -2.26. The average molecular weight is 283 g/mol. The third kappa shape index (κ3) is 3.28. The number of rotatable bonds is 5. The van der Waals surface area contributed by atoms with Crippen LogP contribution in [0.2, 0.25) is 0 Å². The van der Waals surface area contributed by atoms with Crippen molar-refractivity contribution in [2.45, 2.75) is 31.9 Å². The van der Waals surface area contributed by atoms with Crippen LogP contribution in [0.25, 0.3) is 0 Å². The molecule has 110 valence electrons. The van der Waals surface area contributed by atoms with Gasteiger partial charge in [-0.25, -0.2) is 0 Å². The van der Waals surface area contributed by atoms with Gasteiger partial charge in [-0.1, -0.05) is 31.2 Å². The molecule has 0 saturated heterocycles. The average Bonchev–Trinajstić information content (AvgIpc) is 2.55. The Balaban J connectivity index is 1.81. The molecule has 2 unspecified atom stereocenters. The minimum absolute atomic E-state index is 0.146. The van der Waals surface area contributed by atoms with Crippen LogP contribution in [0.15, 0.2) is 42.7 Å². The third-order valence-corrected chi connectivity index (χ3v) is 4.00. The van der Waals surface area contributed by atoms with E-state index in [1.165, 1.54) is 16.7 Å². The molecule has 0 saturated carbocycles. The van der Waals surface area contributed by atoms with Gasteiger partial charge in [0.05, 0.1) is 18.9 Å². The zero-order valence-corrected chi connectivity index (χ0v) is 12.3. The molecular formula is C17H21N3O. The van der Waals surface area contributed by atoms with Crippen molar-refractivity contribution in [3.8, 4) is 0 Å². The van der Waals surface area contributed by atoms with E-state index < -0.39 is 0 Å². The maximum absolute atomic E-state index is 6.03. The van der Waals surface area contributed by atoms with Crippen LogP contribution in [0.4, 0.5) is 0 Å². The number of hydrogen-bond acceptors (Lipinski definition) is 4. The first kappa shape index (κ1) is 14.2. The zero-order valence-electron chi connectivity index (χ0n) is 12.3. The molecule has 1 N–H and O–H groups in total. The molecule has 1 aliphatic heterocycles. The van der Waals surface area contributed by atoms with Gasteiger partial charge in [-0.05, 0) is 42.1 Å². The fourth-order valence-electron chi connectivity index (χ4n) is 2.98. The molecule has 0 bridgehead atoms. The van der Waals surface area contributed by atoms with E-state index in [1.54, 1.807) is 6.20 Å². The van der Waals surface area contributed by atoms with E-state index in [-0.39, 0.29) is 12.1 Å². The first-order valence-corrected chi connectivity index (χ1v) is 7.58. The number of ether oxygens (including phenoxy) is 1. The van der Waals surface area contributed by atoms with Crippen molar-refractivity contribution in [3.05, 3.63) is 59.4 Å². The van der Waals surface area contributed by atoms with Crippen LogP contribution in [0.1, 0.15) is 42.2 Å². The number of benzene rings is 1. The molecule has 0 spiro atoms. The first-order valence-electron chi connectivity index (χ1n) is 7.58. The van der Waals surface area contributed by atoms with Gasteiger partial charge in [0.1, 0.15) is 0 Å². The molecule has 4 nitrogen and oxygen atoms in total. The second-order valence-corrected chi connectivity index (χ2v) is 5.33. The predicted molar refractivity (Wildman–Crippen MR) is 81.9 cm³/mol. The lowest BCUT2D eigenvalue weighted by atomic mass is 9.92. The Bertz CT molecular complexity index is 573. The molecule has 0 amide bonds. The maximum Gasteiger partial charge on any atom is 0.0845 e. The molecule has 0 radical (unpaired) electrons.